The lowest BCUT2D eigenvalue weighted by Crippen LogP contribution is -2.27. The Bertz CT molecular complexity index is 1000. The highest BCUT2D eigenvalue weighted by Gasteiger charge is 2.24. The van der Waals surface area contributed by atoms with Crippen LogP contribution in [0.1, 0.15) is 44.2 Å². The maximum atomic E-state index is 12.9. The first kappa shape index (κ1) is 19.7. The van der Waals surface area contributed by atoms with Crippen molar-refractivity contribution in [3.63, 3.8) is 0 Å². The van der Waals surface area contributed by atoms with E-state index in [9.17, 15) is 4.79 Å². The van der Waals surface area contributed by atoms with Crippen molar-refractivity contribution in [3.05, 3.63) is 63.8 Å². The second-order valence-corrected chi connectivity index (χ2v) is 7.14. The van der Waals surface area contributed by atoms with Crippen LogP contribution in [0.25, 0.3) is 0 Å². The normalized spacial score (nSPS) is 10.9. The summed E-state index contributed by atoms with van der Waals surface area (Å²) in [6.45, 7) is 8.52. The average Bonchev–Trinajstić information content (AvgIpc) is 3.19. The number of nitrogens with zero attached hydrogens (tertiary/aromatic N) is 4. The molecule has 0 unspecified atom stereocenters. The molecule has 148 valence electrons. The van der Waals surface area contributed by atoms with Crippen molar-refractivity contribution in [3.8, 4) is 5.75 Å². The number of aryl methyl sites for hydroxylation is 4. The van der Waals surface area contributed by atoms with Crippen LogP contribution in [0.4, 0.5) is 0 Å². The number of hydrogen-bond acceptors (Lipinski definition) is 5. The fourth-order valence-corrected chi connectivity index (χ4v) is 2.90. The summed E-state index contributed by atoms with van der Waals surface area (Å²) in [5, 5.41) is 8.21. The number of carbonyl (C=O) groups excluding carboxylic acids is 1. The number of rotatable bonds is 6. The molecule has 28 heavy (non-hydrogen) atoms. The first-order chi connectivity index (χ1) is 13.3. The van der Waals surface area contributed by atoms with E-state index < -0.39 is 0 Å². The van der Waals surface area contributed by atoms with Gasteiger partial charge in [-0.15, -0.1) is 0 Å². The van der Waals surface area contributed by atoms with Crippen molar-refractivity contribution in [2.75, 3.05) is 7.05 Å². The number of ether oxygens (including phenoxy) is 1. The van der Waals surface area contributed by atoms with E-state index in [0.717, 1.165) is 22.6 Å². The molecule has 3 rings (SSSR count). The second kappa shape index (κ2) is 7.88. The molecule has 0 aliphatic heterocycles. The third kappa shape index (κ3) is 3.93. The van der Waals surface area contributed by atoms with Crippen LogP contribution >= 0.6 is 0 Å². The molecular weight excluding hydrogens is 356 g/mol. The van der Waals surface area contributed by atoms with E-state index in [1.807, 2.05) is 39.1 Å². The van der Waals surface area contributed by atoms with Gasteiger partial charge in [-0.1, -0.05) is 11.2 Å². The maximum absolute atomic E-state index is 12.9. The van der Waals surface area contributed by atoms with Gasteiger partial charge in [0.15, 0.2) is 5.69 Å². The molecule has 0 aliphatic carbocycles. The van der Waals surface area contributed by atoms with Crippen molar-refractivity contribution in [1.82, 2.24) is 19.8 Å². The molecule has 0 atom stereocenters. The number of carbonyl (C=O) groups is 1. The van der Waals surface area contributed by atoms with Gasteiger partial charge in [-0.3, -0.25) is 9.48 Å². The van der Waals surface area contributed by atoms with Crippen LogP contribution in [-0.2, 0) is 20.2 Å². The van der Waals surface area contributed by atoms with E-state index in [-0.39, 0.29) is 18.2 Å². The summed E-state index contributed by atoms with van der Waals surface area (Å²) in [5.74, 6) is 1.12. The van der Waals surface area contributed by atoms with E-state index >= 15 is 0 Å². The summed E-state index contributed by atoms with van der Waals surface area (Å²) in [7, 11) is 3.62. The Morgan fingerprint density at radius 1 is 1.21 bits per heavy atom. The molecular formula is C21H26N4O3. The van der Waals surface area contributed by atoms with Crippen molar-refractivity contribution < 1.29 is 14.1 Å². The Labute approximate surface area is 164 Å². The van der Waals surface area contributed by atoms with Crippen molar-refractivity contribution in [1.29, 1.82) is 0 Å². The number of benzene rings is 1. The monoisotopic (exact) mass is 382 g/mol. The lowest BCUT2D eigenvalue weighted by atomic mass is 10.1. The molecule has 0 aliphatic rings. The molecule has 0 spiro atoms. The molecule has 0 N–H and O–H groups in total. The predicted molar refractivity (Wildman–Crippen MR) is 105 cm³/mol. The summed E-state index contributed by atoms with van der Waals surface area (Å²) in [6.07, 6.45) is 1.77. The Morgan fingerprint density at radius 2 is 1.96 bits per heavy atom. The zero-order chi connectivity index (χ0) is 20.4. The van der Waals surface area contributed by atoms with Crippen LogP contribution in [0.5, 0.6) is 5.75 Å². The molecule has 7 nitrogen and oxygen atoms in total. The van der Waals surface area contributed by atoms with Gasteiger partial charge in [0.05, 0.1) is 11.8 Å². The lowest BCUT2D eigenvalue weighted by molar-refractivity contribution is 0.0772. The van der Waals surface area contributed by atoms with Gasteiger partial charge in [0.25, 0.3) is 5.91 Å². The van der Waals surface area contributed by atoms with Crippen molar-refractivity contribution in [2.45, 2.75) is 40.8 Å². The topological polar surface area (TPSA) is 73.4 Å². The van der Waals surface area contributed by atoms with Crippen LogP contribution in [0.3, 0.4) is 0 Å². The molecule has 0 bridgehead atoms. The highest BCUT2D eigenvalue weighted by atomic mass is 16.5. The van der Waals surface area contributed by atoms with Crippen LogP contribution in [0.15, 0.2) is 28.9 Å². The predicted octanol–water partition coefficient (Wildman–Crippen LogP) is 3.49. The minimum Gasteiger partial charge on any atom is -0.489 e. The first-order valence-electron chi connectivity index (χ1n) is 9.16. The number of amides is 1. The van der Waals surface area contributed by atoms with Gasteiger partial charge in [0.2, 0.25) is 0 Å². The quantitative estimate of drug-likeness (QED) is 0.652. The van der Waals surface area contributed by atoms with E-state index in [4.69, 9.17) is 9.26 Å². The summed E-state index contributed by atoms with van der Waals surface area (Å²) in [6, 6.07) is 5.92. The van der Waals surface area contributed by atoms with Gasteiger partial charge in [0, 0.05) is 31.9 Å². The zero-order valence-electron chi connectivity index (χ0n) is 17.2. The van der Waals surface area contributed by atoms with Gasteiger partial charge < -0.3 is 14.2 Å². The van der Waals surface area contributed by atoms with Crippen molar-refractivity contribution >= 4 is 5.91 Å². The van der Waals surface area contributed by atoms with E-state index in [1.54, 1.807) is 29.7 Å². The molecule has 0 radical (unpaired) electrons. The zero-order valence-corrected chi connectivity index (χ0v) is 17.2. The second-order valence-electron chi connectivity index (χ2n) is 7.14. The van der Waals surface area contributed by atoms with Crippen LogP contribution in [-0.4, -0.2) is 32.8 Å². The molecule has 3 aromatic rings. The third-order valence-corrected chi connectivity index (χ3v) is 5.14. The largest absolute Gasteiger partial charge is 0.489 e. The summed E-state index contributed by atoms with van der Waals surface area (Å²) in [5.41, 5.74) is 5.32. The van der Waals surface area contributed by atoms with Crippen LogP contribution in [0.2, 0.25) is 0 Å². The minimum atomic E-state index is -0.209. The smallest absolute Gasteiger partial charge is 0.276 e. The Morgan fingerprint density at radius 3 is 2.61 bits per heavy atom. The minimum absolute atomic E-state index is 0.209. The molecule has 0 saturated carbocycles. The molecule has 2 heterocycles. The van der Waals surface area contributed by atoms with Crippen molar-refractivity contribution in [2.24, 2.45) is 7.05 Å². The Balaban J connectivity index is 1.74. The van der Waals surface area contributed by atoms with E-state index in [2.05, 4.69) is 17.2 Å². The molecule has 0 fully saturated rings. The fourth-order valence-electron chi connectivity index (χ4n) is 2.90. The van der Waals surface area contributed by atoms with Gasteiger partial charge in [-0.2, -0.15) is 5.10 Å². The highest BCUT2D eigenvalue weighted by Crippen LogP contribution is 2.21. The van der Waals surface area contributed by atoms with Gasteiger partial charge >= 0.3 is 0 Å². The number of aromatic nitrogens is 3. The molecule has 1 aromatic carbocycles. The molecule has 1 amide bonds. The lowest BCUT2D eigenvalue weighted by Gasteiger charge is -2.16. The summed E-state index contributed by atoms with van der Waals surface area (Å²) in [4.78, 5) is 14.5. The van der Waals surface area contributed by atoms with Crippen LogP contribution < -0.4 is 4.74 Å². The van der Waals surface area contributed by atoms with E-state index in [0.29, 0.717) is 17.9 Å². The van der Waals surface area contributed by atoms with Gasteiger partial charge in [-0.05, 0) is 51.0 Å². The molecule has 7 heteroatoms. The maximum Gasteiger partial charge on any atom is 0.276 e. The summed E-state index contributed by atoms with van der Waals surface area (Å²) < 4.78 is 13.0. The van der Waals surface area contributed by atoms with E-state index in [1.165, 1.54) is 5.56 Å². The highest BCUT2D eigenvalue weighted by molar-refractivity contribution is 5.93. The summed E-state index contributed by atoms with van der Waals surface area (Å²) >= 11 is 0. The Hall–Kier alpha value is -3.09. The first-order valence-corrected chi connectivity index (χ1v) is 9.16. The van der Waals surface area contributed by atoms with Gasteiger partial charge in [-0.25, -0.2) is 0 Å². The average molecular weight is 382 g/mol. The molecule has 0 saturated heterocycles. The standard InChI is InChI=1S/C21H26N4O3/c1-13-7-8-18(9-14(13)2)27-12-19-16(4)28-23-20(19)21(26)24(5)11-17-10-22-25(6)15(17)3/h7-10H,11-12H2,1-6H3. The molecule has 2 aromatic heterocycles. The number of hydrogen-bond donors (Lipinski definition) is 0. The fraction of sp³-hybridized carbons (Fsp3) is 0.381. The third-order valence-electron chi connectivity index (χ3n) is 5.14. The SMILES string of the molecule is Cc1ccc(OCc2c(C(=O)N(C)Cc3cnn(C)c3C)noc2C)cc1C. The Kier molecular flexibility index (Phi) is 5.53. The van der Waals surface area contributed by atoms with Gasteiger partial charge in [0.1, 0.15) is 18.1 Å². The van der Waals surface area contributed by atoms with Crippen LogP contribution in [0, 0.1) is 27.7 Å².